The fourth-order valence-electron chi connectivity index (χ4n) is 2.76. The summed E-state index contributed by atoms with van der Waals surface area (Å²) in [6.45, 7) is 3.91. The van der Waals surface area contributed by atoms with Crippen LogP contribution in [0.1, 0.15) is 17.9 Å². The van der Waals surface area contributed by atoms with Crippen LogP contribution in [0, 0.1) is 0 Å². The third kappa shape index (κ3) is 3.26. The number of benzene rings is 3. The van der Waals surface area contributed by atoms with Crippen molar-refractivity contribution in [3.63, 3.8) is 0 Å². The quantitative estimate of drug-likeness (QED) is 0.551. The highest BCUT2D eigenvalue weighted by Gasteiger charge is 2.13. The largest absolute Gasteiger partial charge is 0.370 e. The standard InChI is InChI=1S/C20H20ClN/c1-2-22(19-10-4-3-5-11-19)15-20(21)18-13-12-16-8-6-7-9-17(16)14-18/h3-14,20H,2,15H2,1H3. The molecule has 0 radical (unpaired) electrons. The van der Waals surface area contributed by atoms with Crippen LogP contribution in [-0.2, 0) is 0 Å². The van der Waals surface area contributed by atoms with E-state index in [1.807, 2.05) is 6.07 Å². The van der Waals surface area contributed by atoms with Gasteiger partial charge in [0.1, 0.15) is 0 Å². The maximum absolute atomic E-state index is 6.69. The molecule has 112 valence electrons. The SMILES string of the molecule is CCN(CC(Cl)c1ccc2ccccc2c1)c1ccccc1. The number of para-hydroxylation sites is 1. The first-order chi connectivity index (χ1) is 10.8. The molecule has 1 unspecified atom stereocenters. The summed E-state index contributed by atoms with van der Waals surface area (Å²) >= 11 is 6.69. The predicted octanol–water partition coefficient (Wildman–Crippen LogP) is 5.65. The number of alkyl halides is 1. The fraction of sp³-hybridized carbons (Fsp3) is 0.200. The van der Waals surface area contributed by atoms with Gasteiger partial charge in [0.05, 0.1) is 5.38 Å². The lowest BCUT2D eigenvalue weighted by Crippen LogP contribution is -2.26. The van der Waals surface area contributed by atoms with E-state index in [0.717, 1.165) is 13.1 Å². The summed E-state index contributed by atoms with van der Waals surface area (Å²) in [6, 6.07) is 25.3. The van der Waals surface area contributed by atoms with Crippen LogP contribution in [-0.4, -0.2) is 13.1 Å². The highest BCUT2D eigenvalue weighted by molar-refractivity contribution is 6.21. The Morgan fingerprint density at radius 2 is 1.55 bits per heavy atom. The number of likely N-dealkylation sites (N-methyl/N-ethyl adjacent to an activating group) is 1. The van der Waals surface area contributed by atoms with Gasteiger partial charge < -0.3 is 4.90 Å². The number of fused-ring (bicyclic) bond motifs is 1. The molecular formula is C20H20ClN. The third-order valence-corrected chi connectivity index (χ3v) is 4.41. The highest BCUT2D eigenvalue weighted by Crippen LogP contribution is 2.27. The number of halogens is 1. The summed E-state index contributed by atoms with van der Waals surface area (Å²) < 4.78 is 0. The Labute approximate surface area is 137 Å². The Bertz CT molecular complexity index is 739. The second-order valence-corrected chi connectivity index (χ2v) is 5.98. The van der Waals surface area contributed by atoms with Crippen LogP contribution in [0.25, 0.3) is 10.8 Å². The van der Waals surface area contributed by atoms with Crippen molar-refractivity contribution in [3.05, 3.63) is 78.4 Å². The zero-order valence-corrected chi connectivity index (χ0v) is 13.5. The number of rotatable bonds is 5. The number of hydrogen-bond acceptors (Lipinski definition) is 1. The van der Waals surface area contributed by atoms with E-state index in [9.17, 15) is 0 Å². The Kier molecular flexibility index (Phi) is 4.65. The molecule has 2 heteroatoms. The van der Waals surface area contributed by atoms with Crippen LogP contribution < -0.4 is 4.90 Å². The Morgan fingerprint density at radius 1 is 0.864 bits per heavy atom. The summed E-state index contributed by atoms with van der Waals surface area (Å²) in [5.41, 5.74) is 2.39. The van der Waals surface area contributed by atoms with Gasteiger partial charge in [-0.05, 0) is 41.5 Å². The van der Waals surface area contributed by atoms with Gasteiger partial charge in [-0.15, -0.1) is 11.6 Å². The number of hydrogen-bond donors (Lipinski definition) is 0. The van der Waals surface area contributed by atoms with Gasteiger partial charge in [0.25, 0.3) is 0 Å². The van der Waals surface area contributed by atoms with E-state index in [0.29, 0.717) is 0 Å². The van der Waals surface area contributed by atoms with Crippen molar-refractivity contribution >= 4 is 28.1 Å². The minimum Gasteiger partial charge on any atom is -0.370 e. The molecule has 0 aliphatic rings. The molecule has 0 fully saturated rings. The molecule has 3 aromatic rings. The summed E-state index contributed by atoms with van der Waals surface area (Å²) in [4.78, 5) is 2.31. The Balaban J connectivity index is 1.81. The van der Waals surface area contributed by atoms with Crippen molar-refractivity contribution in [1.29, 1.82) is 0 Å². The van der Waals surface area contributed by atoms with Crippen molar-refractivity contribution in [2.45, 2.75) is 12.3 Å². The first kappa shape index (κ1) is 14.9. The van der Waals surface area contributed by atoms with Gasteiger partial charge in [0.15, 0.2) is 0 Å². The van der Waals surface area contributed by atoms with E-state index < -0.39 is 0 Å². The van der Waals surface area contributed by atoms with Gasteiger partial charge in [0, 0.05) is 18.8 Å². The van der Waals surface area contributed by atoms with Crippen LogP contribution in [0.4, 0.5) is 5.69 Å². The molecule has 22 heavy (non-hydrogen) atoms. The Hall–Kier alpha value is -1.99. The number of nitrogens with zero attached hydrogens (tertiary/aromatic N) is 1. The van der Waals surface area contributed by atoms with Crippen molar-refractivity contribution in [2.24, 2.45) is 0 Å². The Morgan fingerprint density at radius 3 is 2.27 bits per heavy atom. The molecule has 1 atom stereocenters. The van der Waals surface area contributed by atoms with Crippen LogP contribution in [0.5, 0.6) is 0 Å². The second kappa shape index (κ2) is 6.85. The molecule has 0 spiro atoms. The minimum atomic E-state index is -0.0234. The van der Waals surface area contributed by atoms with Gasteiger partial charge in [-0.3, -0.25) is 0 Å². The molecule has 0 saturated heterocycles. The first-order valence-corrected chi connectivity index (χ1v) is 8.14. The van der Waals surface area contributed by atoms with Crippen molar-refractivity contribution in [3.8, 4) is 0 Å². The van der Waals surface area contributed by atoms with Crippen LogP contribution in [0.15, 0.2) is 72.8 Å². The van der Waals surface area contributed by atoms with E-state index in [-0.39, 0.29) is 5.38 Å². The molecule has 0 saturated carbocycles. The van der Waals surface area contributed by atoms with Gasteiger partial charge in [-0.25, -0.2) is 0 Å². The predicted molar refractivity (Wildman–Crippen MR) is 96.9 cm³/mol. The molecule has 0 heterocycles. The zero-order valence-electron chi connectivity index (χ0n) is 12.7. The average molecular weight is 310 g/mol. The molecule has 3 aromatic carbocycles. The highest BCUT2D eigenvalue weighted by atomic mass is 35.5. The summed E-state index contributed by atoms with van der Waals surface area (Å²) in [5, 5.41) is 2.48. The second-order valence-electron chi connectivity index (χ2n) is 5.45. The molecule has 3 rings (SSSR count). The van der Waals surface area contributed by atoms with Crippen molar-refractivity contribution in [1.82, 2.24) is 0 Å². The maximum Gasteiger partial charge on any atom is 0.0760 e. The number of anilines is 1. The van der Waals surface area contributed by atoms with Gasteiger partial charge in [-0.2, -0.15) is 0 Å². The summed E-state index contributed by atoms with van der Waals surface area (Å²) in [6.07, 6.45) is 0. The third-order valence-electron chi connectivity index (χ3n) is 4.02. The summed E-state index contributed by atoms with van der Waals surface area (Å²) in [7, 11) is 0. The molecule has 0 aromatic heterocycles. The minimum absolute atomic E-state index is 0.0234. The van der Waals surface area contributed by atoms with E-state index in [4.69, 9.17) is 11.6 Å². The van der Waals surface area contributed by atoms with Gasteiger partial charge >= 0.3 is 0 Å². The normalized spacial score (nSPS) is 12.3. The average Bonchev–Trinajstić information content (AvgIpc) is 2.59. The molecule has 1 nitrogen and oxygen atoms in total. The lowest BCUT2D eigenvalue weighted by Gasteiger charge is -2.26. The molecule has 0 aliphatic carbocycles. The van der Waals surface area contributed by atoms with Crippen molar-refractivity contribution < 1.29 is 0 Å². The molecule has 0 aliphatic heterocycles. The summed E-state index contributed by atoms with van der Waals surface area (Å²) in [5.74, 6) is 0. The first-order valence-electron chi connectivity index (χ1n) is 7.70. The van der Waals surface area contributed by atoms with E-state index in [2.05, 4.69) is 78.6 Å². The van der Waals surface area contributed by atoms with Crippen LogP contribution >= 0.6 is 11.6 Å². The smallest absolute Gasteiger partial charge is 0.0760 e. The zero-order chi connectivity index (χ0) is 15.4. The molecule has 0 amide bonds. The lowest BCUT2D eigenvalue weighted by atomic mass is 10.0. The van der Waals surface area contributed by atoms with Crippen LogP contribution in [0.2, 0.25) is 0 Å². The van der Waals surface area contributed by atoms with Gasteiger partial charge in [0.2, 0.25) is 0 Å². The maximum atomic E-state index is 6.69. The fourth-order valence-corrected chi connectivity index (χ4v) is 3.06. The lowest BCUT2D eigenvalue weighted by molar-refractivity contribution is 0.791. The monoisotopic (exact) mass is 309 g/mol. The van der Waals surface area contributed by atoms with Crippen molar-refractivity contribution in [2.75, 3.05) is 18.0 Å². The molecule has 0 N–H and O–H groups in total. The van der Waals surface area contributed by atoms with E-state index in [1.165, 1.54) is 22.0 Å². The van der Waals surface area contributed by atoms with E-state index in [1.54, 1.807) is 0 Å². The topological polar surface area (TPSA) is 3.24 Å². The molecule has 0 bridgehead atoms. The van der Waals surface area contributed by atoms with Crippen LogP contribution in [0.3, 0.4) is 0 Å². The van der Waals surface area contributed by atoms with Gasteiger partial charge in [-0.1, -0.05) is 54.6 Å². The molecular weight excluding hydrogens is 290 g/mol. The van der Waals surface area contributed by atoms with E-state index >= 15 is 0 Å².